The minimum absolute atomic E-state index is 0.0943. The van der Waals surface area contributed by atoms with Crippen molar-refractivity contribution in [2.75, 3.05) is 42.9 Å². The predicted octanol–water partition coefficient (Wildman–Crippen LogP) is 1.53. The lowest BCUT2D eigenvalue weighted by Crippen LogP contribution is -2.48. The summed E-state index contributed by atoms with van der Waals surface area (Å²) in [5, 5.41) is 14.1. The Morgan fingerprint density at radius 2 is 1.79 bits per heavy atom. The highest BCUT2D eigenvalue weighted by Crippen LogP contribution is 2.28. The lowest BCUT2D eigenvalue weighted by Gasteiger charge is -2.35. The van der Waals surface area contributed by atoms with E-state index in [-0.39, 0.29) is 28.8 Å². The number of nitrogens with one attached hydrogen (secondary N) is 3. The van der Waals surface area contributed by atoms with E-state index in [0.29, 0.717) is 48.6 Å². The number of carbonyl (C=O) groups excluding carboxylic acids is 1. The number of benzene rings is 2. The molecule has 10 heteroatoms. The number of imidazole rings is 1. The summed E-state index contributed by atoms with van der Waals surface area (Å²) < 4.78 is 0. The Balaban J connectivity index is 1.34. The van der Waals surface area contributed by atoms with Gasteiger partial charge in [0.25, 0.3) is 5.69 Å². The smallest absolute Gasteiger partial charge is 0.323 e. The van der Waals surface area contributed by atoms with Crippen molar-refractivity contribution in [2.24, 2.45) is 0 Å². The first-order chi connectivity index (χ1) is 14.0. The quantitative estimate of drug-likeness (QED) is 0.443. The summed E-state index contributed by atoms with van der Waals surface area (Å²) in [7, 11) is 0. The zero-order valence-electron chi connectivity index (χ0n) is 15.6. The van der Waals surface area contributed by atoms with Crippen molar-refractivity contribution >= 4 is 34.0 Å². The van der Waals surface area contributed by atoms with Gasteiger partial charge in [0.2, 0.25) is 5.91 Å². The zero-order chi connectivity index (χ0) is 20.4. The van der Waals surface area contributed by atoms with Crippen LogP contribution in [-0.2, 0) is 4.79 Å². The molecule has 1 fully saturated rings. The average Bonchev–Trinajstić information content (AvgIpc) is 3.08. The van der Waals surface area contributed by atoms with Gasteiger partial charge in [-0.05, 0) is 24.3 Å². The molecule has 0 radical (unpaired) electrons. The molecule has 0 saturated carbocycles. The lowest BCUT2D eigenvalue weighted by atomic mass is 10.2. The molecule has 1 aliphatic rings. The molecule has 4 rings (SSSR count). The van der Waals surface area contributed by atoms with Gasteiger partial charge in [-0.3, -0.25) is 19.8 Å². The van der Waals surface area contributed by atoms with Gasteiger partial charge in [-0.15, -0.1) is 0 Å². The van der Waals surface area contributed by atoms with Crippen LogP contribution in [0, 0.1) is 10.1 Å². The Hall–Kier alpha value is -3.66. The topological polar surface area (TPSA) is 127 Å². The van der Waals surface area contributed by atoms with Gasteiger partial charge in [0.05, 0.1) is 22.5 Å². The number of hydrogen-bond donors (Lipinski definition) is 3. The zero-order valence-corrected chi connectivity index (χ0v) is 15.6. The van der Waals surface area contributed by atoms with Crippen LogP contribution in [0.4, 0.5) is 17.1 Å². The average molecular weight is 396 g/mol. The van der Waals surface area contributed by atoms with E-state index in [1.54, 1.807) is 36.4 Å². The van der Waals surface area contributed by atoms with Crippen LogP contribution in [0.5, 0.6) is 0 Å². The van der Waals surface area contributed by atoms with E-state index in [0.717, 1.165) is 0 Å². The van der Waals surface area contributed by atoms with Gasteiger partial charge in [0.1, 0.15) is 5.69 Å². The van der Waals surface area contributed by atoms with Crippen molar-refractivity contribution in [2.45, 2.75) is 0 Å². The molecule has 2 heterocycles. The maximum absolute atomic E-state index is 12.4. The Morgan fingerprint density at radius 3 is 2.55 bits per heavy atom. The maximum atomic E-state index is 12.4. The standard InChI is InChI=1S/C19H20N6O4/c26-18(20-13-5-6-14-15(11-13)22-19(27)21-14)12-23-7-9-24(10-8-23)16-3-1-2-4-17(16)25(28)29/h1-6,11H,7-10,12H2,(H,20,26)(H2,21,22,27). The number of rotatable bonds is 5. The second-order valence-electron chi connectivity index (χ2n) is 6.90. The Kier molecular flexibility index (Phi) is 5.00. The van der Waals surface area contributed by atoms with E-state index in [2.05, 4.69) is 15.3 Å². The fraction of sp³-hybridized carbons (Fsp3) is 0.263. The molecule has 10 nitrogen and oxygen atoms in total. The van der Waals surface area contributed by atoms with Crippen LogP contribution >= 0.6 is 0 Å². The van der Waals surface area contributed by atoms with E-state index < -0.39 is 0 Å². The van der Waals surface area contributed by atoms with E-state index >= 15 is 0 Å². The van der Waals surface area contributed by atoms with E-state index in [1.165, 1.54) is 6.07 Å². The fourth-order valence-corrected chi connectivity index (χ4v) is 3.55. The van der Waals surface area contributed by atoms with Crippen LogP contribution < -0.4 is 15.9 Å². The van der Waals surface area contributed by atoms with Gasteiger partial charge in [-0.2, -0.15) is 0 Å². The van der Waals surface area contributed by atoms with E-state index in [1.807, 2.05) is 9.80 Å². The van der Waals surface area contributed by atoms with Crippen LogP contribution in [0.15, 0.2) is 47.3 Å². The number of carbonyl (C=O) groups is 1. The predicted molar refractivity (Wildman–Crippen MR) is 109 cm³/mol. The molecule has 3 N–H and O–H groups in total. The highest BCUT2D eigenvalue weighted by atomic mass is 16.6. The minimum Gasteiger partial charge on any atom is -0.363 e. The molecule has 0 unspecified atom stereocenters. The molecule has 3 aromatic rings. The number of para-hydroxylation sites is 2. The lowest BCUT2D eigenvalue weighted by molar-refractivity contribution is -0.384. The first kappa shape index (κ1) is 18.7. The van der Waals surface area contributed by atoms with E-state index in [9.17, 15) is 19.7 Å². The Labute approximate surface area is 165 Å². The van der Waals surface area contributed by atoms with Crippen molar-refractivity contribution in [1.29, 1.82) is 0 Å². The van der Waals surface area contributed by atoms with Gasteiger partial charge in [-0.25, -0.2) is 4.79 Å². The van der Waals surface area contributed by atoms with Gasteiger partial charge < -0.3 is 20.2 Å². The molecule has 1 aliphatic heterocycles. The van der Waals surface area contributed by atoms with Gasteiger partial charge in [0.15, 0.2) is 0 Å². The monoisotopic (exact) mass is 396 g/mol. The first-order valence-corrected chi connectivity index (χ1v) is 9.22. The Bertz CT molecular complexity index is 1110. The number of amides is 1. The van der Waals surface area contributed by atoms with Gasteiger partial charge in [0, 0.05) is 37.9 Å². The minimum atomic E-state index is -0.371. The molecular weight excluding hydrogens is 376 g/mol. The second-order valence-corrected chi connectivity index (χ2v) is 6.90. The third-order valence-electron chi connectivity index (χ3n) is 4.96. The SMILES string of the molecule is O=C(CN1CCN(c2ccccc2[N+](=O)[O-])CC1)Nc1ccc2[nH]c(=O)[nH]c2c1. The highest BCUT2D eigenvalue weighted by molar-refractivity contribution is 5.94. The number of anilines is 2. The fourth-order valence-electron chi connectivity index (χ4n) is 3.55. The van der Waals surface area contributed by atoms with Crippen LogP contribution in [0.1, 0.15) is 0 Å². The normalized spacial score (nSPS) is 14.8. The van der Waals surface area contributed by atoms with Crippen LogP contribution in [-0.4, -0.2) is 58.4 Å². The molecule has 1 saturated heterocycles. The summed E-state index contributed by atoms with van der Waals surface area (Å²) in [6, 6.07) is 11.9. The summed E-state index contributed by atoms with van der Waals surface area (Å²) in [5.41, 5.74) is 2.33. The number of piperazine rings is 1. The van der Waals surface area contributed by atoms with Crippen molar-refractivity contribution in [3.8, 4) is 0 Å². The van der Waals surface area contributed by atoms with Crippen LogP contribution in [0.3, 0.4) is 0 Å². The van der Waals surface area contributed by atoms with Crippen molar-refractivity contribution in [3.05, 3.63) is 63.1 Å². The molecule has 150 valence electrons. The number of aromatic nitrogens is 2. The molecule has 0 atom stereocenters. The number of nitrogens with zero attached hydrogens (tertiary/aromatic N) is 3. The number of fused-ring (bicyclic) bond motifs is 1. The molecule has 2 aromatic carbocycles. The van der Waals surface area contributed by atoms with Gasteiger partial charge >= 0.3 is 5.69 Å². The van der Waals surface area contributed by atoms with Crippen molar-refractivity contribution in [1.82, 2.24) is 14.9 Å². The molecule has 1 amide bonds. The third-order valence-corrected chi connectivity index (χ3v) is 4.96. The molecule has 0 spiro atoms. The number of H-pyrrole nitrogens is 2. The Morgan fingerprint density at radius 1 is 1.07 bits per heavy atom. The van der Waals surface area contributed by atoms with Crippen molar-refractivity contribution in [3.63, 3.8) is 0 Å². The summed E-state index contributed by atoms with van der Waals surface area (Å²) in [6.45, 7) is 2.70. The summed E-state index contributed by atoms with van der Waals surface area (Å²) >= 11 is 0. The molecular formula is C19H20N6O4. The van der Waals surface area contributed by atoms with Crippen LogP contribution in [0.2, 0.25) is 0 Å². The number of aromatic amines is 2. The number of nitro groups is 1. The number of nitro benzene ring substituents is 1. The summed E-state index contributed by atoms with van der Waals surface area (Å²) in [6.07, 6.45) is 0. The second kappa shape index (κ2) is 7.76. The largest absolute Gasteiger partial charge is 0.363 e. The summed E-state index contributed by atoms with van der Waals surface area (Å²) in [4.78, 5) is 43.9. The summed E-state index contributed by atoms with van der Waals surface area (Å²) in [5.74, 6) is -0.152. The van der Waals surface area contributed by atoms with Gasteiger partial charge in [-0.1, -0.05) is 12.1 Å². The molecule has 0 aliphatic carbocycles. The third kappa shape index (κ3) is 4.11. The maximum Gasteiger partial charge on any atom is 0.323 e. The molecule has 0 bridgehead atoms. The first-order valence-electron chi connectivity index (χ1n) is 9.22. The van der Waals surface area contributed by atoms with Crippen LogP contribution in [0.25, 0.3) is 11.0 Å². The molecule has 1 aromatic heterocycles. The van der Waals surface area contributed by atoms with Crippen molar-refractivity contribution < 1.29 is 9.72 Å². The van der Waals surface area contributed by atoms with E-state index in [4.69, 9.17) is 0 Å². The number of hydrogen-bond acceptors (Lipinski definition) is 6. The molecule has 29 heavy (non-hydrogen) atoms. The highest BCUT2D eigenvalue weighted by Gasteiger charge is 2.24.